The smallest absolute Gasteiger partial charge is 0.254 e. The Morgan fingerprint density at radius 2 is 2.00 bits per heavy atom. The van der Waals surface area contributed by atoms with Crippen molar-refractivity contribution < 1.29 is 14.6 Å². The number of ether oxygens (including phenoxy) is 1. The first-order valence-corrected chi connectivity index (χ1v) is 7.41. The van der Waals surface area contributed by atoms with Gasteiger partial charge in [-0.2, -0.15) is 5.26 Å². The molecule has 1 saturated heterocycles. The highest BCUT2D eigenvalue weighted by Crippen LogP contribution is 2.24. The third-order valence-electron chi connectivity index (χ3n) is 3.75. The van der Waals surface area contributed by atoms with Crippen molar-refractivity contribution in [2.45, 2.75) is 12.5 Å². The highest BCUT2D eigenvalue weighted by Gasteiger charge is 2.25. The van der Waals surface area contributed by atoms with E-state index in [0.29, 0.717) is 42.1 Å². The van der Waals surface area contributed by atoms with Crippen LogP contribution in [0.4, 0.5) is 0 Å². The summed E-state index contributed by atoms with van der Waals surface area (Å²) in [6.45, 7) is 0.945. The topological polar surface area (TPSA) is 73.6 Å². The first kappa shape index (κ1) is 15.1. The molecular formula is C18H16N2O3. The van der Waals surface area contributed by atoms with Crippen LogP contribution in [0.5, 0.6) is 11.5 Å². The number of amides is 1. The largest absolute Gasteiger partial charge is 0.457 e. The van der Waals surface area contributed by atoms with Crippen LogP contribution in [-0.2, 0) is 0 Å². The molecule has 0 saturated carbocycles. The Kier molecular flexibility index (Phi) is 4.26. The molecule has 1 aliphatic heterocycles. The number of aliphatic hydroxyl groups is 1. The quantitative estimate of drug-likeness (QED) is 0.945. The zero-order valence-corrected chi connectivity index (χ0v) is 12.5. The van der Waals surface area contributed by atoms with Crippen LogP contribution in [0.2, 0.25) is 0 Å². The molecule has 23 heavy (non-hydrogen) atoms. The Bertz CT molecular complexity index is 750. The van der Waals surface area contributed by atoms with Crippen LogP contribution in [0.1, 0.15) is 22.3 Å². The molecular weight excluding hydrogens is 292 g/mol. The number of nitriles is 1. The fraction of sp³-hybridized carbons (Fsp3) is 0.222. The average molecular weight is 308 g/mol. The number of rotatable bonds is 3. The number of likely N-dealkylation sites (tertiary alicyclic amines) is 1. The standard InChI is InChI=1S/C18H16N2O3/c19-11-13-4-6-16(7-5-13)23-17-3-1-2-14(10-17)18(22)20-9-8-15(21)12-20/h1-7,10,15,21H,8-9,12H2/t15-/m1/s1. The van der Waals surface area contributed by atoms with Crippen LogP contribution in [0.3, 0.4) is 0 Å². The fourth-order valence-electron chi connectivity index (χ4n) is 2.54. The Morgan fingerprint density at radius 3 is 2.65 bits per heavy atom. The van der Waals surface area contributed by atoms with Gasteiger partial charge in [0.1, 0.15) is 11.5 Å². The van der Waals surface area contributed by atoms with Gasteiger partial charge in [0.05, 0.1) is 17.7 Å². The maximum absolute atomic E-state index is 12.4. The normalized spacial score (nSPS) is 16.9. The lowest BCUT2D eigenvalue weighted by atomic mass is 10.2. The predicted octanol–water partition coefficient (Wildman–Crippen LogP) is 2.56. The van der Waals surface area contributed by atoms with Gasteiger partial charge in [0.25, 0.3) is 5.91 Å². The second-order valence-corrected chi connectivity index (χ2v) is 5.46. The zero-order valence-electron chi connectivity index (χ0n) is 12.5. The molecule has 0 aliphatic carbocycles. The number of benzene rings is 2. The molecule has 0 aromatic heterocycles. The fourth-order valence-corrected chi connectivity index (χ4v) is 2.54. The van der Waals surface area contributed by atoms with E-state index in [9.17, 15) is 9.90 Å². The third-order valence-corrected chi connectivity index (χ3v) is 3.75. The van der Waals surface area contributed by atoms with Crippen LogP contribution in [0, 0.1) is 11.3 Å². The van der Waals surface area contributed by atoms with Crippen LogP contribution < -0.4 is 4.74 Å². The van der Waals surface area contributed by atoms with Crippen molar-refractivity contribution in [3.8, 4) is 17.6 Å². The van der Waals surface area contributed by atoms with Crippen molar-refractivity contribution in [3.05, 3.63) is 59.7 Å². The third kappa shape index (κ3) is 3.50. The molecule has 1 fully saturated rings. The first-order chi connectivity index (χ1) is 11.2. The molecule has 0 unspecified atom stereocenters. The summed E-state index contributed by atoms with van der Waals surface area (Å²) in [6.07, 6.45) is 0.185. The summed E-state index contributed by atoms with van der Waals surface area (Å²) in [5, 5.41) is 18.3. The second kappa shape index (κ2) is 6.51. The van der Waals surface area contributed by atoms with Crippen molar-refractivity contribution >= 4 is 5.91 Å². The van der Waals surface area contributed by atoms with Crippen LogP contribution in [0.15, 0.2) is 48.5 Å². The molecule has 0 spiro atoms. The number of hydrogen-bond donors (Lipinski definition) is 1. The monoisotopic (exact) mass is 308 g/mol. The number of carbonyl (C=O) groups is 1. The zero-order chi connectivity index (χ0) is 16.2. The van der Waals surface area contributed by atoms with E-state index in [1.165, 1.54) is 0 Å². The molecule has 1 amide bonds. The summed E-state index contributed by atoms with van der Waals surface area (Å²) in [4.78, 5) is 14.0. The molecule has 116 valence electrons. The van der Waals surface area contributed by atoms with E-state index in [1.807, 2.05) is 0 Å². The Balaban J connectivity index is 1.74. The lowest BCUT2D eigenvalue weighted by Gasteiger charge is -2.16. The molecule has 1 heterocycles. The molecule has 0 bridgehead atoms. The molecule has 5 heteroatoms. The summed E-state index contributed by atoms with van der Waals surface area (Å²) >= 11 is 0. The summed E-state index contributed by atoms with van der Waals surface area (Å²) in [7, 11) is 0. The highest BCUT2D eigenvalue weighted by atomic mass is 16.5. The summed E-state index contributed by atoms with van der Waals surface area (Å²) < 4.78 is 5.72. The van der Waals surface area contributed by atoms with Gasteiger partial charge in [0.15, 0.2) is 0 Å². The Labute approximate surface area is 134 Å². The molecule has 1 atom stereocenters. The lowest BCUT2D eigenvalue weighted by Crippen LogP contribution is -2.29. The lowest BCUT2D eigenvalue weighted by molar-refractivity contribution is 0.0764. The van der Waals surface area contributed by atoms with Crippen LogP contribution >= 0.6 is 0 Å². The minimum Gasteiger partial charge on any atom is -0.457 e. The highest BCUT2D eigenvalue weighted by molar-refractivity contribution is 5.94. The van der Waals surface area contributed by atoms with Gasteiger partial charge in [0.2, 0.25) is 0 Å². The number of hydrogen-bond acceptors (Lipinski definition) is 4. The summed E-state index contributed by atoms with van der Waals surface area (Å²) in [5.41, 5.74) is 1.10. The minimum absolute atomic E-state index is 0.105. The van der Waals surface area contributed by atoms with Gasteiger partial charge in [-0.15, -0.1) is 0 Å². The van der Waals surface area contributed by atoms with E-state index < -0.39 is 6.10 Å². The minimum atomic E-state index is -0.433. The molecule has 1 aliphatic rings. The summed E-state index contributed by atoms with van der Waals surface area (Å²) in [6, 6.07) is 15.8. The van der Waals surface area contributed by atoms with Crippen molar-refractivity contribution in [2.75, 3.05) is 13.1 Å². The first-order valence-electron chi connectivity index (χ1n) is 7.41. The molecule has 0 radical (unpaired) electrons. The number of aliphatic hydroxyl groups excluding tert-OH is 1. The van der Waals surface area contributed by atoms with E-state index >= 15 is 0 Å². The van der Waals surface area contributed by atoms with E-state index in [4.69, 9.17) is 10.00 Å². The molecule has 2 aromatic rings. The van der Waals surface area contributed by atoms with Crippen LogP contribution in [0.25, 0.3) is 0 Å². The number of β-amino-alcohol motifs (C(OH)–C–C–N with tert-alkyl or cyclic N) is 1. The van der Waals surface area contributed by atoms with Gasteiger partial charge < -0.3 is 14.7 Å². The van der Waals surface area contributed by atoms with Crippen molar-refractivity contribution in [3.63, 3.8) is 0 Å². The Morgan fingerprint density at radius 1 is 1.22 bits per heavy atom. The Hall–Kier alpha value is -2.84. The summed E-state index contributed by atoms with van der Waals surface area (Å²) in [5.74, 6) is 1.05. The van der Waals surface area contributed by atoms with E-state index in [2.05, 4.69) is 6.07 Å². The van der Waals surface area contributed by atoms with E-state index in [1.54, 1.807) is 53.4 Å². The van der Waals surface area contributed by atoms with Gasteiger partial charge in [-0.3, -0.25) is 4.79 Å². The van der Waals surface area contributed by atoms with Gasteiger partial charge in [-0.1, -0.05) is 6.07 Å². The molecule has 5 nitrogen and oxygen atoms in total. The van der Waals surface area contributed by atoms with Gasteiger partial charge >= 0.3 is 0 Å². The predicted molar refractivity (Wildman–Crippen MR) is 84.2 cm³/mol. The maximum atomic E-state index is 12.4. The van der Waals surface area contributed by atoms with Gasteiger partial charge in [-0.25, -0.2) is 0 Å². The van der Waals surface area contributed by atoms with Gasteiger partial charge in [0, 0.05) is 18.7 Å². The van der Waals surface area contributed by atoms with Gasteiger partial charge in [-0.05, 0) is 48.9 Å². The maximum Gasteiger partial charge on any atom is 0.254 e. The van der Waals surface area contributed by atoms with Crippen LogP contribution in [-0.4, -0.2) is 35.1 Å². The van der Waals surface area contributed by atoms with E-state index in [0.717, 1.165) is 0 Å². The number of nitrogens with zero attached hydrogens (tertiary/aromatic N) is 2. The van der Waals surface area contributed by atoms with E-state index in [-0.39, 0.29) is 5.91 Å². The molecule has 3 rings (SSSR count). The van der Waals surface area contributed by atoms with Crippen molar-refractivity contribution in [1.82, 2.24) is 4.90 Å². The van der Waals surface area contributed by atoms with Crippen molar-refractivity contribution in [1.29, 1.82) is 5.26 Å². The van der Waals surface area contributed by atoms with Crippen molar-refractivity contribution in [2.24, 2.45) is 0 Å². The molecule has 1 N–H and O–H groups in total. The second-order valence-electron chi connectivity index (χ2n) is 5.46. The number of carbonyl (C=O) groups excluding carboxylic acids is 1. The average Bonchev–Trinajstić information content (AvgIpc) is 3.01. The molecule has 2 aromatic carbocycles. The SMILES string of the molecule is N#Cc1ccc(Oc2cccc(C(=O)N3CC[C@@H](O)C3)c2)cc1.